The molecule has 2 aromatic rings. The van der Waals surface area contributed by atoms with Gasteiger partial charge in [-0.1, -0.05) is 27.5 Å². The Morgan fingerprint density at radius 2 is 1.80 bits per heavy atom. The van der Waals surface area contributed by atoms with E-state index < -0.39 is 0 Å². The third-order valence-corrected chi connectivity index (χ3v) is 4.25. The Balaban J connectivity index is 2.57. The fraction of sp³-hybridized carbons (Fsp3) is 0.188. The molecule has 0 saturated heterocycles. The minimum Gasteiger partial charge on any atom is -0.496 e. The van der Waals surface area contributed by atoms with E-state index in [1.807, 2.05) is 26.0 Å². The number of hydrogen-bond acceptors (Lipinski definition) is 2. The fourth-order valence-corrected chi connectivity index (χ4v) is 2.66. The predicted molar refractivity (Wildman–Crippen MR) is 85.1 cm³/mol. The molecule has 104 valence electrons. The minimum absolute atomic E-state index is 0.0857. The second-order valence-electron chi connectivity index (χ2n) is 4.59. The SMILES string of the molecule is COc1ccc(Cl)cc1C(=O)c1cc(C)c(Br)cc1C. The van der Waals surface area contributed by atoms with Gasteiger partial charge in [0, 0.05) is 15.1 Å². The number of carbonyl (C=O) groups excluding carboxylic acids is 1. The molecule has 20 heavy (non-hydrogen) atoms. The second-order valence-corrected chi connectivity index (χ2v) is 5.88. The summed E-state index contributed by atoms with van der Waals surface area (Å²) in [5, 5.41) is 0.514. The van der Waals surface area contributed by atoms with Crippen LogP contribution in [-0.2, 0) is 0 Å². The first-order valence-electron chi connectivity index (χ1n) is 6.09. The lowest BCUT2D eigenvalue weighted by Crippen LogP contribution is -2.06. The number of benzene rings is 2. The first-order valence-corrected chi connectivity index (χ1v) is 7.26. The molecule has 0 radical (unpaired) electrons. The van der Waals surface area contributed by atoms with Gasteiger partial charge in [0.05, 0.1) is 12.7 Å². The van der Waals surface area contributed by atoms with Gasteiger partial charge in [0.2, 0.25) is 0 Å². The normalized spacial score (nSPS) is 10.4. The molecule has 0 saturated carbocycles. The quantitative estimate of drug-likeness (QED) is 0.729. The van der Waals surface area contributed by atoms with Crippen LogP contribution in [0.4, 0.5) is 0 Å². The van der Waals surface area contributed by atoms with Crippen LogP contribution < -0.4 is 4.74 Å². The van der Waals surface area contributed by atoms with Gasteiger partial charge in [-0.3, -0.25) is 4.79 Å². The number of rotatable bonds is 3. The Morgan fingerprint density at radius 1 is 1.10 bits per heavy atom. The van der Waals surface area contributed by atoms with E-state index in [4.69, 9.17) is 16.3 Å². The van der Waals surface area contributed by atoms with E-state index in [0.29, 0.717) is 21.9 Å². The molecule has 0 bridgehead atoms. The van der Waals surface area contributed by atoms with Crippen molar-refractivity contribution in [3.05, 3.63) is 62.1 Å². The van der Waals surface area contributed by atoms with E-state index in [9.17, 15) is 4.79 Å². The van der Waals surface area contributed by atoms with E-state index in [0.717, 1.165) is 15.6 Å². The fourth-order valence-electron chi connectivity index (χ4n) is 2.03. The first kappa shape index (κ1) is 15.1. The molecule has 0 aromatic heterocycles. The lowest BCUT2D eigenvalue weighted by molar-refractivity contribution is 0.103. The van der Waals surface area contributed by atoms with E-state index in [-0.39, 0.29) is 5.78 Å². The number of aryl methyl sites for hydroxylation is 2. The smallest absolute Gasteiger partial charge is 0.197 e. The first-order chi connectivity index (χ1) is 9.43. The average Bonchev–Trinajstić information content (AvgIpc) is 2.42. The van der Waals surface area contributed by atoms with E-state index in [1.54, 1.807) is 25.3 Å². The maximum absolute atomic E-state index is 12.7. The summed E-state index contributed by atoms with van der Waals surface area (Å²) >= 11 is 9.45. The largest absolute Gasteiger partial charge is 0.496 e. The van der Waals surface area contributed by atoms with Crippen molar-refractivity contribution in [3.63, 3.8) is 0 Å². The zero-order valence-corrected chi connectivity index (χ0v) is 13.8. The molecule has 0 amide bonds. The molecule has 2 nitrogen and oxygen atoms in total. The zero-order chi connectivity index (χ0) is 14.9. The van der Waals surface area contributed by atoms with Crippen molar-refractivity contribution < 1.29 is 9.53 Å². The van der Waals surface area contributed by atoms with Crippen molar-refractivity contribution in [3.8, 4) is 5.75 Å². The third kappa shape index (κ3) is 2.89. The van der Waals surface area contributed by atoms with Crippen LogP contribution in [0.25, 0.3) is 0 Å². The van der Waals surface area contributed by atoms with Crippen molar-refractivity contribution in [2.45, 2.75) is 13.8 Å². The number of ether oxygens (including phenoxy) is 1. The van der Waals surface area contributed by atoms with Crippen LogP contribution in [0.5, 0.6) is 5.75 Å². The van der Waals surface area contributed by atoms with Gasteiger partial charge < -0.3 is 4.74 Å². The average molecular weight is 354 g/mol. The lowest BCUT2D eigenvalue weighted by Gasteiger charge is -2.11. The lowest BCUT2D eigenvalue weighted by atomic mass is 9.97. The van der Waals surface area contributed by atoms with Crippen LogP contribution in [0.15, 0.2) is 34.8 Å². The second kappa shape index (κ2) is 5.98. The molecule has 0 unspecified atom stereocenters. The molecule has 0 heterocycles. The highest BCUT2D eigenvalue weighted by atomic mass is 79.9. The molecule has 0 aliphatic rings. The number of hydrogen-bond donors (Lipinski definition) is 0. The molecule has 2 rings (SSSR count). The summed E-state index contributed by atoms with van der Waals surface area (Å²) in [5.74, 6) is 0.442. The highest BCUT2D eigenvalue weighted by molar-refractivity contribution is 9.10. The van der Waals surface area contributed by atoms with Crippen molar-refractivity contribution in [1.82, 2.24) is 0 Å². The molecule has 0 fully saturated rings. The maximum Gasteiger partial charge on any atom is 0.197 e. The van der Waals surface area contributed by atoms with Crippen LogP contribution in [0.3, 0.4) is 0 Å². The summed E-state index contributed by atoms with van der Waals surface area (Å²) < 4.78 is 6.24. The van der Waals surface area contributed by atoms with Crippen molar-refractivity contribution in [2.75, 3.05) is 7.11 Å². The van der Waals surface area contributed by atoms with Gasteiger partial charge in [-0.15, -0.1) is 0 Å². The Labute approximate surface area is 131 Å². The van der Waals surface area contributed by atoms with Gasteiger partial charge in [0.25, 0.3) is 0 Å². The van der Waals surface area contributed by atoms with Gasteiger partial charge in [-0.05, 0) is 55.3 Å². The van der Waals surface area contributed by atoms with Crippen LogP contribution in [0.2, 0.25) is 5.02 Å². The number of ketones is 1. The Morgan fingerprint density at radius 3 is 2.45 bits per heavy atom. The van der Waals surface area contributed by atoms with Crippen LogP contribution in [0, 0.1) is 13.8 Å². The van der Waals surface area contributed by atoms with Gasteiger partial charge >= 0.3 is 0 Å². The molecular weight excluding hydrogens is 340 g/mol. The molecule has 0 spiro atoms. The summed E-state index contributed by atoms with van der Waals surface area (Å²) in [5.41, 5.74) is 3.06. The highest BCUT2D eigenvalue weighted by Gasteiger charge is 2.17. The van der Waals surface area contributed by atoms with Gasteiger partial charge in [0.1, 0.15) is 5.75 Å². The van der Waals surface area contributed by atoms with Crippen LogP contribution >= 0.6 is 27.5 Å². The van der Waals surface area contributed by atoms with Crippen molar-refractivity contribution in [1.29, 1.82) is 0 Å². The van der Waals surface area contributed by atoms with E-state index >= 15 is 0 Å². The van der Waals surface area contributed by atoms with E-state index in [1.165, 1.54) is 0 Å². The van der Waals surface area contributed by atoms with Gasteiger partial charge in [-0.2, -0.15) is 0 Å². The van der Waals surface area contributed by atoms with E-state index in [2.05, 4.69) is 15.9 Å². The Kier molecular flexibility index (Phi) is 4.51. The van der Waals surface area contributed by atoms with Crippen molar-refractivity contribution in [2.24, 2.45) is 0 Å². The number of carbonyl (C=O) groups is 1. The summed E-state index contributed by atoms with van der Waals surface area (Å²) in [6.07, 6.45) is 0. The third-order valence-electron chi connectivity index (χ3n) is 3.16. The molecule has 0 N–H and O–H groups in total. The summed E-state index contributed by atoms with van der Waals surface area (Å²) in [6.45, 7) is 3.87. The zero-order valence-electron chi connectivity index (χ0n) is 11.5. The van der Waals surface area contributed by atoms with Gasteiger partial charge in [-0.25, -0.2) is 0 Å². The predicted octanol–water partition coefficient (Wildman–Crippen LogP) is 4.96. The molecular formula is C16H14BrClO2. The molecule has 2 aromatic carbocycles. The van der Waals surface area contributed by atoms with Gasteiger partial charge in [0.15, 0.2) is 5.78 Å². The minimum atomic E-state index is -0.0857. The van der Waals surface area contributed by atoms with Crippen LogP contribution in [0.1, 0.15) is 27.0 Å². The Bertz CT molecular complexity index is 680. The molecule has 0 atom stereocenters. The monoisotopic (exact) mass is 352 g/mol. The summed E-state index contributed by atoms with van der Waals surface area (Å²) in [7, 11) is 1.54. The summed E-state index contributed by atoms with van der Waals surface area (Å²) in [6, 6.07) is 8.87. The molecule has 4 heteroatoms. The van der Waals surface area contributed by atoms with Crippen LogP contribution in [-0.4, -0.2) is 12.9 Å². The maximum atomic E-state index is 12.7. The van der Waals surface area contributed by atoms with Crippen molar-refractivity contribution >= 4 is 33.3 Å². The Hall–Kier alpha value is -1.32. The molecule has 0 aliphatic heterocycles. The molecule has 0 aliphatic carbocycles. The standard InChI is InChI=1S/C16H14BrClO2/c1-9-7-14(17)10(2)6-12(9)16(19)13-8-11(18)4-5-15(13)20-3/h4-8H,1-3H3. The number of halogens is 2. The topological polar surface area (TPSA) is 26.3 Å². The number of methoxy groups -OCH3 is 1. The highest BCUT2D eigenvalue weighted by Crippen LogP contribution is 2.28. The summed E-state index contributed by atoms with van der Waals surface area (Å²) in [4.78, 5) is 12.7.